The maximum atomic E-state index is 14.6. The van der Waals surface area contributed by atoms with Crippen molar-refractivity contribution < 1.29 is 45.0 Å². The number of aliphatic hydroxyl groups excluding tert-OH is 3. The van der Waals surface area contributed by atoms with Crippen molar-refractivity contribution in [1.82, 2.24) is 5.32 Å². The maximum absolute atomic E-state index is 14.6. The Balaban J connectivity index is 1.07. The lowest BCUT2D eigenvalue weighted by molar-refractivity contribution is -0.390. The van der Waals surface area contributed by atoms with Gasteiger partial charge in [0.25, 0.3) is 0 Å². The molecular formula is C52H63NO9. The Morgan fingerprint density at radius 1 is 0.887 bits per heavy atom. The first kappa shape index (κ1) is 40.4. The summed E-state index contributed by atoms with van der Waals surface area (Å²) in [7, 11) is 0. The van der Waals surface area contributed by atoms with E-state index >= 15 is 0 Å². The number of rotatable bonds is 4. The average molecular weight is 846 g/mol. The summed E-state index contributed by atoms with van der Waals surface area (Å²) in [5, 5.41) is 82.4. The molecule has 10 aliphatic carbocycles. The molecule has 62 heavy (non-hydrogen) atoms. The molecule has 1 spiro atoms. The van der Waals surface area contributed by atoms with Crippen molar-refractivity contribution in [3.05, 3.63) is 71.3 Å². The minimum atomic E-state index is -2.25. The second kappa shape index (κ2) is 13.9. The van der Waals surface area contributed by atoms with E-state index in [9.17, 15) is 40.2 Å². The van der Waals surface area contributed by atoms with Crippen LogP contribution in [-0.2, 0) is 20.7 Å². The van der Waals surface area contributed by atoms with Gasteiger partial charge in [0.1, 0.15) is 23.6 Å². The molecule has 10 heteroatoms. The number of nitrogens with one attached hydrogen (secondary N) is 1. The quantitative estimate of drug-likeness (QED) is 0.0767. The number of carbonyl (C=O) groups excluding carboxylic acids is 2. The first-order valence-electron chi connectivity index (χ1n) is 24.1. The molecule has 0 radical (unpaired) electrons. The molecule has 0 amide bonds. The van der Waals surface area contributed by atoms with E-state index in [0.717, 1.165) is 42.2 Å². The van der Waals surface area contributed by atoms with Crippen LogP contribution in [0.3, 0.4) is 0 Å². The zero-order chi connectivity index (χ0) is 42.6. The van der Waals surface area contributed by atoms with Gasteiger partial charge < -0.3 is 40.2 Å². The molecule has 11 aliphatic rings. The van der Waals surface area contributed by atoms with Crippen LogP contribution in [0, 0.1) is 93.7 Å². The molecule has 0 aromatic heterocycles. The topological polar surface area (TPSA) is 177 Å². The van der Waals surface area contributed by atoms with Crippen molar-refractivity contribution in [2.75, 3.05) is 6.73 Å². The van der Waals surface area contributed by atoms with Crippen LogP contribution < -0.4 is 5.32 Å². The number of fused-ring (bicyclic) bond motifs is 6. The maximum Gasteiger partial charge on any atom is 0.331 e. The van der Waals surface area contributed by atoms with Crippen molar-refractivity contribution in [3.8, 4) is 11.8 Å². The average Bonchev–Trinajstić information content (AvgIpc) is 3.97. The molecule has 1 heterocycles. The SMILES string of the molecule is O=C[C@]12[C@H]3C=C[C@@H]4C[C@@]56CCC#Cc7ccccc7C[C@@H](NCO)[C@@H]7C[C@@H](C[C@]5(O)[C@](O)([C@@H](O)[C@@H]5C[C@@H]8[C@H](C=CC[C@H]8C8CCCC8)C[C@@H]([C@@H](O)C3)[C@@]51O)[C@H]42)[C@@H]6C1=CC(=O)O[C@H]17. The number of hydrogen-bond acceptors (Lipinski definition) is 10. The van der Waals surface area contributed by atoms with E-state index in [1.807, 2.05) is 24.3 Å². The summed E-state index contributed by atoms with van der Waals surface area (Å²) >= 11 is 0. The molecule has 0 unspecified atom stereocenters. The normalized spacial score (nSPS) is 52.8. The van der Waals surface area contributed by atoms with Gasteiger partial charge in [-0.05, 0) is 122 Å². The molecule has 7 N–H and O–H groups in total. The minimum Gasteiger partial charge on any atom is -0.454 e. The number of carbonyl (C=O) groups is 2. The predicted molar refractivity (Wildman–Crippen MR) is 227 cm³/mol. The van der Waals surface area contributed by atoms with E-state index in [2.05, 4.69) is 41.5 Å². The number of allylic oxidation sites excluding steroid dienone is 4. The van der Waals surface area contributed by atoms with E-state index < -0.39 is 87.4 Å². The first-order valence-corrected chi connectivity index (χ1v) is 24.1. The number of aliphatic hydroxyl groups is 6. The fourth-order valence-corrected chi connectivity index (χ4v) is 18.6. The number of hydrogen-bond donors (Lipinski definition) is 7. The van der Waals surface area contributed by atoms with Gasteiger partial charge in [-0.1, -0.05) is 80.0 Å². The lowest BCUT2D eigenvalue weighted by Gasteiger charge is -2.76. The van der Waals surface area contributed by atoms with Gasteiger partial charge in [-0.3, -0.25) is 5.32 Å². The molecule has 7 fully saturated rings. The van der Waals surface area contributed by atoms with Gasteiger partial charge in [0.2, 0.25) is 0 Å². The highest BCUT2D eigenvalue weighted by Gasteiger charge is 2.88. The van der Waals surface area contributed by atoms with E-state index in [4.69, 9.17) is 4.74 Å². The monoisotopic (exact) mass is 845 g/mol. The Hall–Kier alpha value is -3.14. The fraction of sp³-hybridized carbons (Fsp3) is 0.692. The van der Waals surface area contributed by atoms with Crippen molar-refractivity contribution in [1.29, 1.82) is 0 Å². The lowest BCUT2D eigenvalue weighted by Crippen LogP contribution is -2.88. The first-order chi connectivity index (χ1) is 29.9. The summed E-state index contributed by atoms with van der Waals surface area (Å²) in [4.78, 5) is 28.2. The van der Waals surface area contributed by atoms with E-state index in [1.165, 1.54) is 12.8 Å². The fourth-order valence-electron chi connectivity index (χ4n) is 18.6. The minimum absolute atomic E-state index is 0.0441. The van der Waals surface area contributed by atoms with Crippen LogP contribution in [0.2, 0.25) is 0 Å². The van der Waals surface area contributed by atoms with Crippen molar-refractivity contribution in [2.45, 2.75) is 131 Å². The summed E-state index contributed by atoms with van der Waals surface area (Å²) in [5.74, 6) is 2.63. The largest absolute Gasteiger partial charge is 0.454 e. The zero-order valence-corrected chi connectivity index (χ0v) is 35.5. The number of aldehydes is 1. The summed E-state index contributed by atoms with van der Waals surface area (Å²) in [6, 6.07) is 7.68. The van der Waals surface area contributed by atoms with E-state index in [-0.39, 0.29) is 49.3 Å². The predicted octanol–water partition coefficient (Wildman–Crippen LogP) is 4.14. The number of benzene rings is 1. The van der Waals surface area contributed by atoms with Crippen LogP contribution in [0.5, 0.6) is 0 Å². The molecule has 1 aliphatic heterocycles. The Morgan fingerprint density at radius 2 is 1.71 bits per heavy atom. The van der Waals surface area contributed by atoms with Crippen LogP contribution in [-0.4, -0.2) is 90.8 Å². The van der Waals surface area contributed by atoms with Crippen LogP contribution in [0.15, 0.2) is 60.2 Å². The summed E-state index contributed by atoms with van der Waals surface area (Å²) in [6.45, 7) is -0.285. The smallest absolute Gasteiger partial charge is 0.331 e. The number of esters is 1. The molecule has 0 saturated heterocycles. The molecule has 7 saturated carbocycles. The second-order valence-electron chi connectivity index (χ2n) is 22.2. The van der Waals surface area contributed by atoms with Crippen LogP contribution in [0.25, 0.3) is 0 Å². The lowest BCUT2D eigenvalue weighted by atomic mass is 9.30. The van der Waals surface area contributed by atoms with Gasteiger partial charge in [-0.15, -0.1) is 0 Å². The highest BCUT2D eigenvalue weighted by Crippen LogP contribution is 2.80. The Bertz CT molecular complexity index is 2200. The second-order valence-corrected chi connectivity index (χ2v) is 22.2. The van der Waals surface area contributed by atoms with E-state index in [1.54, 1.807) is 6.08 Å². The third-order valence-corrected chi connectivity index (χ3v) is 20.5. The van der Waals surface area contributed by atoms with Gasteiger partial charge in [0, 0.05) is 53.2 Å². The van der Waals surface area contributed by atoms with Crippen LogP contribution in [0.1, 0.15) is 94.6 Å². The van der Waals surface area contributed by atoms with Gasteiger partial charge in [-0.2, -0.15) is 0 Å². The van der Waals surface area contributed by atoms with Crippen molar-refractivity contribution >= 4 is 12.3 Å². The molecule has 12 rings (SSSR count). The molecular weight excluding hydrogens is 783 g/mol. The van der Waals surface area contributed by atoms with Gasteiger partial charge >= 0.3 is 5.97 Å². The molecule has 1 aromatic carbocycles. The third kappa shape index (κ3) is 4.87. The van der Waals surface area contributed by atoms with Crippen molar-refractivity contribution in [3.63, 3.8) is 0 Å². The summed E-state index contributed by atoms with van der Waals surface area (Å²) in [6.07, 6.45) is 17.0. The highest BCUT2D eigenvalue weighted by atomic mass is 16.5. The summed E-state index contributed by atoms with van der Waals surface area (Å²) in [5.41, 5.74) is -6.03. The van der Waals surface area contributed by atoms with Crippen LogP contribution in [0.4, 0.5) is 0 Å². The molecule has 330 valence electrons. The van der Waals surface area contributed by atoms with Gasteiger partial charge in [0.15, 0.2) is 0 Å². The van der Waals surface area contributed by atoms with Gasteiger partial charge in [-0.25, -0.2) is 4.79 Å². The van der Waals surface area contributed by atoms with Crippen molar-refractivity contribution in [2.24, 2.45) is 81.8 Å². The molecule has 20 atom stereocenters. The Morgan fingerprint density at radius 3 is 2.52 bits per heavy atom. The van der Waals surface area contributed by atoms with Crippen LogP contribution >= 0.6 is 0 Å². The summed E-state index contributed by atoms with van der Waals surface area (Å²) < 4.78 is 6.24. The third-order valence-electron chi connectivity index (χ3n) is 20.5. The molecule has 10 nitrogen and oxygen atoms in total. The number of ether oxygens (including phenoxy) is 1. The standard InChI is InChI=1S/C52H63NO9/c54-26-49-34-16-15-32-24-48-17-6-5-9-28-8-1-4-12-30(28)20-41(53-27-55)37-18-33(44(48)38-23-43(57)62-45(37)38)25-50(48,59)52(61,46(32)49)47(58)40-22-36-31(19-39(42(56)21-34)51(40,49)60)13-7-14-35(36)29-10-2-3-11-29/h1,4,7-8,12-13,15-16,23,26,29,31-37,39-42,44-47,53,55-56,58-61H,2-3,6,10-11,14,17-22,24-25,27H2/t31-,32-,33+,34+,35+,36-,37+,39+,40+,41-,42+,44-,45+,46-,47+,48-,49-,50-,51-,52-/m1/s1. The van der Waals surface area contributed by atoms with E-state index in [0.29, 0.717) is 56.8 Å². The molecule has 1 aromatic rings. The zero-order valence-electron chi connectivity index (χ0n) is 35.5. The van der Waals surface area contributed by atoms with Gasteiger partial charge in [0.05, 0.1) is 30.0 Å². The molecule has 4 bridgehead atoms. The highest BCUT2D eigenvalue weighted by molar-refractivity contribution is 5.86. The Kier molecular flexibility index (Phi) is 9.08. The Labute approximate surface area is 364 Å².